The average Bonchev–Trinajstić information content (AvgIpc) is 3.47. The highest BCUT2D eigenvalue weighted by molar-refractivity contribution is 6.02. The van der Waals surface area contributed by atoms with Crippen molar-refractivity contribution < 1.29 is 0 Å². The number of aliphatic imine (C=N–C) groups is 2. The molecular weight excluding hydrogens is 376 g/mol. The van der Waals surface area contributed by atoms with Crippen LogP contribution in [0.3, 0.4) is 0 Å². The Balaban J connectivity index is 1.34. The highest BCUT2D eigenvalue weighted by atomic mass is 15.4. The largest absolute Gasteiger partial charge is 0.353 e. The Morgan fingerprint density at radius 3 is 1.60 bits per heavy atom. The van der Waals surface area contributed by atoms with Gasteiger partial charge in [-0.25, -0.2) is 20.8 Å². The molecule has 0 fully saturated rings. The molecule has 2 aliphatic rings. The van der Waals surface area contributed by atoms with Gasteiger partial charge in [-0.3, -0.25) is 0 Å². The summed E-state index contributed by atoms with van der Waals surface area (Å²) >= 11 is 0. The maximum atomic E-state index is 4.26. The molecule has 150 valence electrons. The lowest BCUT2D eigenvalue weighted by atomic mass is 10.0. The van der Waals surface area contributed by atoms with Crippen LogP contribution >= 0.6 is 0 Å². The van der Waals surface area contributed by atoms with Crippen LogP contribution in [0, 0.1) is 0 Å². The Labute approximate surface area is 173 Å². The Kier molecular flexibility index (Phi) is 4.95. The van der Waals surface area contributed by atoms with Gasteiger partial charge >= 0.3 is 0 Å². The van der Waals surface area contributed by atoms with Crippen molar-refractivity contribution in [3.05, 3.63) is 59.7 Å². The van der Waals surface area contributed by atoms with Gasteiger partial charge in [0, 0.05) is 13.1 Å². The fraction of sp³-hybridized carbons (Fsp3) is 0.182. The molecule has 4 N–H and O–H groups in total. The molecule has 0 bridgehead atoms. The lowest BCUT2D eigenvalue weighted by molar-refractivity contribution is 0.920. The minimum absolute atomic E-state index is 0.722. The number of benzene rings is 3. The standard InChI is InChI=1S/C22H22N8/c1-3-17-11-20-10-16(14-28-30-22-25-7-8-26-22)2-4-18(20)12-19(17)9-15(1)13-27-29-21-23-5-6-24-21/h1-4,9-14H,5-8H2,(H2,23,24,29)(H2,25,26,30)/b27-13-,28-14-. The molecule has 0 saturated heterocycles. The smallest absolute Gasteiger partial charge is 0.212 e. The third-order valence-electron chi connectivity index (χ3n) is 4.96. The SMILES string of the molecule is C(=N/NC1=NCCN1)/c1ccc2cc3cc(/C=N\NC4=NCCN4)ccc3cc2c1. The summed E-state index contributed by atoms with van der Waals surface area (Å²) in [6, 6.07) is 17.0. The quantitative estimate of drug-likeness (QED) is 0.306. The van der Waals surface area contributed by atoms with Gasteiger partial charge < -0.3 is 10.6 Å². The van der Waals surface area contributed by atoms with E-state index >= 15 is 0 Å². The van der Waals surface area contributed by atoms with E-state index in [0.717, 1.165) is 49.2 Å². The minimum Gasteiger partial charge on any atom is -0.353 e. The lowest BCUT2D eigenvalue weighted by Gasteiger charge is -2.05. The Hall–Kier alpha value is -3.94. The van der Waals surface area contributed by atoms with E-state index in [4.69, 9.17) is 0 Å². The van der Waals surface area contributed by atoms with Crippen molar-refractivity contribution in [1.29, 1.82) is 0 Å². The van der Waals surface area contributed by atoms with Gasteiger partial charge in [-0.2, -0.15) is 10.2 Å². The monoisotopic (exact) mass is 398 g/mol. The molecule has 8 heteroatoms. The van der Waals surface area contributed by atoms with Crippen molar-refractivity contribution in [3.63, 3.8) is 0 Å². The van der Waals surface area contributed by atoms with Crippen LogP contribution in [0.4, 0.5) is 0 Å². The first-order valence-corrected chi connectivity index (χ1v) is 9.96. The summed E-state index contributed by atoms with van der Waals surface area (Å²) in [5.74, 6) is 1.44. The predicted octanol–water partition coefficient (Wildman–Crippen LogP) is 1.76. The van der Waals surface area contributed by atoms with Crippen LogP contribution in [0.2, 0.25) is 0 Å². The predicted molar refractivity (Wildman–Crippen MR) is 124 cm³/mol. The number of hydrogen-bond donors (Lipinski definition) is 4. The average molecular weight is 398 g/mol. The van der Waals surface area contributed by atoms with Gasteiger partial charge in [-0.15, -0.1) is 0 Å². The van der Waals surface area contributed by atoms with E-state index in [0.29, 0.717) is 0 Å². The fourth-order valence-corrected chi connectivity index (χ4v) is 3.48. The van der Waals surface area contributed by atoms with E-state index in [1.54, 1.807) is 0 Å². The second kappa shape index (κ2) is 8.20. The summed E-state index contributed by atoms with van der Waals surface area (Å²) in [6.07, 6.45) is 3.62. The normalized spacial score (nSPS) is 16.1. The van der Waals surface area contributed by atoms with Crippen molar-refractivity contribution in [2.45, 2.75) is 0 Å². The van der Waals surface area contributed by atoms with Gasteiger partial charge in [0.15, 0.2) is 0 Å². The van der Waals surface area contributed by atoms with E-state index in [-0.39, 0.29) is 0 Å². The molecule has 0 aromatic heterocycles. The van der Waals surface area contributed by atoms with Crippen molar-refractivity contribution in [2.75, 3.05) is 26.2 Å². The van der Waals surface area contributed by atoms with Crippen molar-refractivity contribution in [3.8, 4) is 0 Å². The number of hydrazone groups is 2. The van der Waals surface area contributed by atoms with Gasteiger partial charge in [0.25, 0.3) is 0 Å². The second-order valence-electron chi connectivity index (χ2n) is 7.12. The number of nitrogens with one attached hydrogen (secondary N) is 4. The molecule has 8 nitrogen and oxygen atoms in total. The highest BCUT2D eigenvalue weighted by Gasteiger charge is 2.04. The first-order valence-electron chi connectivity index (χ1n) is 9.96. The summed E-state index contributed by atoms with van der Waals surface area (Å²) < 4.78 is 0. The first kappa shape index (κ1) is 18.1. The van der Waals surface area contributed by atoms with Crippen molar-refractivity contribution in [2.24, 2.45) is 20.2 Å². The Morgan fingerprint density at radius 1 is 0.667 bits per heavy atom. The van der Waals surface area contributed by atoms with Crippen LogP contribution in [-0.4, -0.2) is 50.5 Å². The number of hydrogen-bond acceptors (Lipinski definition) is 8. The summed E-state index contributed by atoms with van der Waals surface area (Å²) in [5.41, 5.74) is 7.92. The van der Waals surface area contributed by atoms with E-state index in [9.17, 15) is 0 Å². The first-order chi connectivity index (χ1) is 14.8. The maximum absolute atomic E-state index is 4.26. The maximum Gasteiger partial charge on any atom is 0.212 e. The van der Waals surface area contributed by atoms with Gasteiger partial charge in [0.05, 0.1) is 25.5 Å². The zero-order valence-electron chi connectivity index (χ0n) is 16.4. The summed E-state index contributed by atoms with van der Waals surface area (Å²) in [4.78, 5) is 8.51. The Morgan fingerprint density at radius 2 is 1.17 bits per heavy atom. The third kappa shape index (κ3) is 4.07. The number of rotatable bonds is 4. The zero-order chi connectivity index (χ0) is 20.2. The summed E-state index contributed by atoms with van der Waals surface area (Å²) in [6.45, 7) is 3.30. The molecule has 3 aromatic rings. The van der Waals surface area contributed by atoms with Crippen LogP contribution in [-0.2, 0) is 0 Å². The summed E-state index contributed by atoms with van der Waals surface area (Å²) in [7, 11) is 0. The third-order valence-corrected chi connectivity index (χ3v) is 4.96. The van der Waals surface area contributed by atoms with E-state index in [1.165, 1.54) is 21.5 Å². The molecule has 2 aliphatic heterocycles. The van der Waals surface area contributed by atoms with Gasteiger partial charge in [0.2, 0.25) is 11.9 Å². The minimum atomic E-state index is 0.722. The van der Waals surface area contributed by atoms with Gasteiger partial charge in [-0.1, -0.05) is 24.3 Å². The number of guanidine groups is 2. The molecule has 2 heterocycles. The molecule has 30 heavy (non-hydrogen) atoms. The van der Waals surface area contributed by atoms with Gasteiger partial charge in [-0.05, 0) is 56.9 Å². The molecule has 0 radical (unpaired) electrons. The van der Waals surface area contributed by atoms with E-state index in [1.807, 2.05) is 12.4 Å². The number of fused-ring (bicyclic) bond motifs is 2. The molecule has 0 unspecified atom stereocenters. The fourth-order valence-electron chi connectivity index (χ4n) is 3.48. The molecule has 0 atom stereocenters. The Bertz CT molecular complexity index is 1110. The van der Waals surface area contributed by atoms with Gasteiger partial charge in [0.1, 0.15) is 0 Å². The van der Waals surface area contributed by atoms with E-state index in [2.05, 4.69) is 90.2 Å². The van der Waals surface area contributed by atoms with E-state index < -0.39 is 0 Å². The molecular formula is C22H22N8. The summed E-state index contributed by atoms with van der Waals surface area (Å²) in [5, 5.41) is 19.5. The highest BCUT2D eigenvalue weighted by Crippen LogP contribution is 2.24. The molecule has 5 rings (SSSR count). The van der Waals surface area contributed by atoms with Crippen LogP contribution in [0.15, 0.2) is 68.7 Å². The van der Waals surface area contributed by atoms with Crippen LogP contribution in [0.5, 0.6) is 0 Å². The molecule has 0 saturated carbocycles. The lowest BCUT2D eigenvalue weighted by Crippen LogP contribution is -2.30. The molecule has 3 aromatic carbocycles. The molecule has 0 spiro atoms. The van der Waals surface area contributed by atoms with Crippen LogP contribution < -0.4 is 21.5 Å². The van der Waals surface area contributed by atoms with Crippen LogP contribution in [0.25, 0.3) is 21.5 Å². The topological polar surface area (TPSA) is 97.6 Å². The zero-order valence-corrected chi connectivity index (χ0v) is 16.4. The van der Waals surface area contributed by atoms with Crippen molar-refractivity contribution >= 4 is 45.9 Å². The van der Waals surface area contributed by atoms with Crippen molar-refractivity contribution in [1.82, 2.24) is 21.5 Å². The van der Waals surface area contributed by atoms with Crippen LogP contribution in [0.1, 0.15) is 11.1 Å². The number of nitrogens with zero attached hydrogens (tertiary/aromatic N) is 4. The molecule has 0 aliphatic carbocycles. The molecule has 0 amide bonds. The second-order valence-corrected chi connectivity index (χ2v) is 7.12.